The number of aliphatic hydroxyl groups excluding tert-OH is 2. The van der Waals surface area contributed by atoms with E-state index in [2.05, 4.69) is 39.8 Å². The number of benzene rings is 1. The molecule has 6 rings (SSSR count). The number of thioether (sulfide) groups is 1. The molecule has 3 heterocycles. The van der Waals surface area contributed by atoms with Gasteiger partial charge in [0.05, 0.1) is 90.9 Å². The number of hydroxylamine groups is 1. The van der Waals surface area contributed by atoms with Crippen molar-refractivity contribution in [3.8, 4) is 40.9 Å². The predicted molar refractivity (Wildman–Crippen MR) is 284 cm³/mol. The largest absolute Gasteiger partial charge is 0.503 e. The second-order valence-electron chi connectivity index (χ2n) is 17.1. The maximum absolute atomic E-state index is 14.0. The van der Waals surface area contributed by atoms with Crippen molar-refractivity contribution < 1.29 is 82.3 Å². The van der Waals surface area contributed by atoms with E-state index in [1.165, 1.54) is 57.8 Å². The number of rotatable bonds is 19. The highest BCUT2D eigenvalue weighted by Crippen LogP contribution is 2.47. The van der Waals surface area contributed by atoms with Gasteiger partial charge >= 0.3 is 6.09 Å². The fourth-order valence-electron chi connectivity index (χ4n) is 8.92. The number of carbonyl (C=O) groups excluding carboxylic acids is 3. The number of nitrogens with one attached hydrogen (secondary N) is 3. The monoisotopic (exact) mass is 1210 g/mol. The zero-order chi connectivity index (χ0) is 53.1. The number of alkyl carbamates (subject to hydrolysis) is 1. The summed E-state index contributed by atoms with van der Waals surface area (Å²) in [7, 11) is 9.93. The minimum atomic E-state index is -2.03. The minimum Gasteiger partial charge on any atom is -0.503 e. The quantitative estimate of drug-likeness (QED) is 0.0339. The molecule has 1 amide bonds. The molecule has 3 fully saturated rings. The summed E-state index contributed by atoms with van der Waals surface area (Å²) in [6, 6.07) is -1.21. The SMILES string of the molecule is CCN[C@H]1CO[C@@H](O[C@H]2[C@H](O[C@H]3C#C/C=C\C#C[C@]4(O)CC(=O)C(NC(=O)OC)=C3/C4=C\CSSSC)O[C@H](C)[C@@H](NO[C@H]3C[C@H](O)[C@H](SC(=O)c4c(C)c(I)c(O)c(OC)c4OC)[C@@H](C)O3)[C@@H]2O)C[C@@H]1OC. The number of likely N-dealkylation sites (N-methyl/N-ethyl adjacent to an activating group) is 1. The van der Waals surface area contributed by atoms with Crippen molar-refractivity contribution >= 4 is 82.8 Å². The normalized spacial score (nSPS) is 33.2. The maximum Gasteiger partial charge on any atom is 0.411 e. The molecule has 73 heavy (non-hydrogen) atoms. The molecule has 0 radical (unpaired) electrons. The molecule has 20 nitrogen and oxygen atoms in total. The Balaban J connectivity index is 1.28. The number of fused-ring (bicyclic) bond motifs is 2. The molecule has 14 atom stereocenters. The van der Waals surface area contributed by atoms with Crippen LogP contribution in [0, 0.1) is 34.2 Å². The van der Waals surface area contributed by atoms with Crippen molar-refractivity contribution in [1.29, 1.82) is 0 Å². The van der Waals surface area contributed by atoms with Gasteiger partial charge in [-0.05, 0) is 83.7 Å². The molecule has 0 aromatic heterocycles. The molecule has 0 spiro atoms. The van der Waals surface area contributed by atoms with Gasteiger partial charge in [-0.25, -0.2) is 4.79 Å². The summed E-state index contributed by atoms with van der Waals surface area (Å²) >= 11 is 2.78. The average molecular weight is 1210 g/mol. The fourth-order valence-corrected chi connectivity index (χ4v) is 13.0. The number of aliphatic hydroxyl groups is 3. The first-order chi connectivity index (χ1) is 34.9. The number of Topliss-reactive ketones (excluding diaryl/α,β-unsaturated/α-hetero) is 1. The highest BCUT2D eigenvalue weighted by Gasteiger charge is 2.51. The van der Waals surface area contributed by atoms with Gasteiger partial charge in [-0.15, -0.1) is 0 Å². The zero-order valence-corrected chi connectivity index (χ0v) is 47.0. The summed E-state index contributed by atoms with van der Waals surface area (Å²) < 4.78 is 54.2. The number of amides is 1. The molecule has 1 aromatic rings. The van der Waals surface area contributed by atoms with Gasteiger partial charge in [0.1, 0.15) is 18.3 Å². The van der Waals surface area contributed by atoms with Gasteiger partial charge in [-0.1, -0.05) is 70.0 Å². The predicted octanol–water partition coefficient (Wildman–Crippen LogP) is 4.04. The number of allylic oxidation sites excluding steroid dienone is 3. The first kappa shape index (κ1) is 59.5. The second-order valence-corrected chi connectivity index (χ2v) is 23.7. The molecule has 2 bridgehead atoms. The summed E-state index contributed by atoms with van der Waals surface area (Å²) in [4.78, 5) is 46.8. The van der Waals surface area contributed by atoms with Crippen LogP contribution in [-0.4, -0.2) is 176 Å². The molecule has 402 valence electrons. The zero-order valence-electron chi connectivity index (χ0n) is 41.6. The number of halogens is 1. The lowest BCUT2D eigenvalue weighted by atomic mass is 9.75. The van der Waals surface area contributed by atoms with Crippen LogP contribution in [0.4, 0.5) is 4.79 Å². The van der Waals surface area contributed by atoms with Gasteiger partial charge in [-0.2, -0.15) is 5.48 Å². The number of hydrogen-bond acceptors (Lipinski definition) is 23. The highest BCUT2D eigenvalue weighted by molar-refractivity contribution is 14.1. The molecule has 0 saturated carbocycles. The van der Waals surface area contributed by atoms with Crippen LogP contribution in [-0.2, 0) is 42.8 Å². The summed E-state index contributed by atoms with van der Waals surface area (Å²) in [5.74, 6) is 11.1. The maximum atomic E-state index is 14.0. The van der Waals surface area contributed by atoms with Crippen molar-refractivity contribution in [3.05, 3.63) is 49.8 Å². The smallest absolute Gasteiger partial charge is 0.411 e. The van der Waals surface area contributed by atoms with Crippen LogP contribution in [0.25, 0.3) is 0 Å². The summed E-state index contributed by atoms with van der Waals surface area (Å²) in [6.07, 6.45) is -5.79. The van der Waals surface area contributed by atoms with Gasteiger partial charge in [0.2, 0.25) is 10.9 Å². The van der Waals surface area contributed by atoms with E-state index in [1.54, 1.807) is 34.0 Å². The van der Waals surface area contributed by atoms with E-state index in [1.807, 2.05) is 35.8 Å². The Morgan fingerprint density at radius 1 is 1.03 bits per heavy atom. The van der Waals surface area contributed by atoms with Gasteiger partial charge in [0, 0.05) is 36.9 Å². The third kappa shape index (κ3) is 14.0. The second kappa shape index (κ2) is 27.5. The summed E-state index contributed by atoms with van der Waals surface area (Å²) in [5.41, 5.74) is 1.43. The third-order valence-corrected chi connectivity index (χ3v) is 18.9. The summed E-state index contributed by atoms with van der Waals surface area (Å²) in [5, 5.41) is 51.5. The van der Waals surface area contributed by atoms with Crippen molar-refractivity contribution in [2.24, 2.45) is 0 Å². The van der Waals surface area contributed by atoms with Crippen LogP contribution in [0.1, 0.15) is 56.0 Å². The standard InChI is InChI=1S/C48H62IN3O17S4/c1-10-50-27-22-64-32(20-31(27)60-5)68-43-40(56)37(52-69-33-19-28(53)44(25(4)65-33)72-45(57)34-23(2)36(49)39(55)42(62-7)41(34)61-6)24(3)66-46(43)67-30-15-13-11-12-14-17-48(59)21-29(54)38(51-47(58)63-8)35(30)26(48)16-18-71-73-70-9/h11-12,16,24-25,27-28,30-33,37,40,43-44,46,50,52-53,55-56,59H,10,18-22H2,1-9H3,(H,51,58)/b12-11-,26-16+/t24-,25-,27+,28+,30+,31+,32+,33+,37-,40+,43-,44-,46+,48+/m1/s1. The molecule has 1 aromatic carbocycles. The van der Waals surface area contributed by atoms with Gasteiger partial charge in [-0.3, -0.25) is 19.7 Å². The number of hydrogen-bond donors (Lipinski definition) is 7. The van der Waals surface area contributed by atoms with Crippen LogP contribution in [0.3, 0.4) is 0 Å². The molecule has 0 unspecified atom stereocenters. The number of phenols is 1. The molecule has 5 aliphatic rings. The van der Waals surface area contributed by atoms with E-state index in [9.17, 15) is 34.8 Å². The van der Waals surface area contributed by atoms with Crippen LogP contribution in [0.2, 0.25) is 0 Å². The number of phenolic OH excluding ortho intramolecular Hbond substituents is 1. The molecule has 25 heteroatoms. The Morgan fingerprint density at radius 2 is 1.77 bits per heavy atom. The lowest BCUT2D eigenvalue weighted by molar-refractivity contribution is -0.336. The highest BCUT2D eigenvalue weighted by atomic mass is 127. The van der Waals surface area contributed by atoms with E-state index in [0.717, 1.165) is 18.9 Å². The van der Waals surface area contributed by atoms with E-state index < -0.39 is 95.8 Å². The Kier molecular flexibility index (Phi) is 22.4. The fraction of sp³-hybridized carbons (Fsp3) is 0.604. The Labute approximate surface area is 454 Å². The molecule has 3 saturated heterocycles. The van der Waals surface area contributed by atoms with Gasteiger partial charge < -0.3 is 68.4 Å². The van der Waals surface area contributed by atoms with Gasteiger partial charge in [0.15, 0.2) is 41.8 Å². The van der Waals surface area contributed by atoms with Crippen LogP contribution in [0.15, 0.2) is 35.1 Å². The topological polar surface area (TPSA) is 261 Å². The molecule has 7 N–H and O–H groups in total. The number of ether oxygens (including phenoxy) is 9. The first-order valence-electron chi connectivity index (χ1n) is 23.1. The van der Waals surface area contributed by atoms with E-state index in [0.29, 0.717) is 21.4 Å². The molecular formula is C48H62IN3O17S4. The van der Waals surface area contributed by atoms with E-state index in [-0.39, 0.29) is 71.2 Å². The third-order valence-electron chi connectivity index (χ3n) is 12.5. The van der Waals surface area contributed by atoms with Crippen molar-refractivity contribution in [3.63, 3.8) is 0 Å². The van der Waals surface area contributed by atoms with E-state index in [4.69, 9.17) is 47.5 Å². The van der Waals surface area contributed by atoms with Crippen LogP contribution < -0.4 is 25.6 Å². The lowest BCUT2D eigenvalue weighted by Gasteiger charge is -2.46. The number of carbonyl (C=O) groups is 3. The van der Waals surface area contributed by atoms with Crippen molar-refractivity contribution in [2.45, 2.75) is 131 Å². The van der Waals surface area contributed by atoms with Crippen LogP contribution >= 0.6 is 65.8 Å². The first-order valence-corrected chi connectivity index (χ1v) is 29.1. The van der Waals surface area contributed by atoms with Gasteiger partial charge in [0.25, 0.3) is 0 Å². The minimum absolute atomic E-state index is 0.00182. The molecule has 2 aliphatic carbocycles. The lowest BCUT2D eigenvalue weighted by Crippen LogP contribution is -2.65. The van der Waals surface area contributed by atoms with E-state index >= 15 is 0 Å². The Morgan fingerprint density at radius 3 is 2.44 bits per heavy atom. The average Bonchev–Trinajstić information content (AvgIpc) is 3.36. The van der Waals surface area contributed by atoms with Crippen LogP contribution in [0.5, 0.6) is 17.2 Å². The molecule has 3 aliphatic heterocycles. The number of methoxy groups -OCH3 is 4. The van der Waals surface area contributed by atoms with Crippen molar-refractivity contribution in [2.75, 3.05) is 53.6 Å². The number of aromatic hydroxyl groups is 1. The molecular weight excluding hydrogens is 1150 g/mol. The number of ketones is 1. The van der Waals surface area contributed by atoms with Crippen molar-refractivity contribution in [1.82, 2.24) is 16.1 Å². The summed E-state index contributed by atoms with van der Waals surface area (Å²) in [6.45, 7) is 7.84. The Bertz CT molecular complexity index is 2380. The Hall–Kier alpha value is -2.78.